The Labute approximate surface area is 184 Å². The van der Waals surface area contributed by atoms with Crippen LogP contribution in [0.2, 0.25) is 0 Å². The van der Waals surface area contributed by atoms with E-state index in [4.69, 9.17) is 9.47 Å². The molecule has 0 aromatic heterocycles. The lowest BCUT2D eigenvalue weighted by Gasteiger charge is -2.26. The molecule has 8 nitrogen and oxygen atoms in total. The zero-order valence-corrected chi connectivity index (χ0v) is 18.5. The largest absolute Gasteiger partial charge is 0.381 e. The maximum atomic E-state index is 13.1. The molecule has 0 spiro atoms. The summed E-state index contributed by atoms with van der Waals surface area (Å²) in [4.78, 5) is 13.0. The van der Waals surface area contributed by atoms with Crippen molar-refractivity contribution in [3.63, 3.8) is 0 Å². The van der Waals surface area contributed by atoms with E-state index in [1.165, 1.54) is 4.31 Å². The van der Waals surface area contributed by atoms with Crippen LogP contribution in [0, 0.1) is 5.92 Å². The molecule has 1 aliphatic carbocycles. The van der Waals surface area contributed by atoms with Crippen molar-refractivity contribution >= 4 is 27.3 Å². The molecule has 2 heterocycles. The molecule has 170 valence electrons. The zero-order valence-electron chi connectivity index (χ0n) is 17.7. The van der Waals surface area contributed by atoms with Crippen molar-refractivity contribution in [1.82, 2.24) is 4.31 Å². The van der Waals surface area contributed by atoms with E-state index >= 15 is 0 Å². The molecule has 0 saturated carbocycles. The smallest absolute Gasteiger partial charge is 0.243 e. The van der Waals surface area contributed by atoms with Crippen molar-refractivity contribution in [1.29, 1.82) is 0 Å². The Morgan fingerprint density at radius 2 is 1.94 bits per heavy atom. The maximum Gasteiger partial charge on any atom is 0.243 e. The van der Waals surface area contributed by atoms with Gasteiger partial charge in [0.15, 0.2) is 0 Å². The first kappa shape index (κ1) is 22.3. The van der Waals surface area contributed by atoms with E-state index in [2.05, 4.69) is 16.7 Å². The van der Waals surface area contributed by atoms with Gasteiger partial charge in [0.25, 0.3) is 0 Å². The zero-order chi connectivity index (χ0) is 21.7. The minimum atomic E-state index is -3.65. The first-order valence-electron chi connectivity index (χ1n) is 11.1. The predicted molar refractivity (Wildman–Crippen MR) is 119 cm³/mol. The molecule has 9 heteroatoms. The SMILES string of the molecule is O=C(Nc1cc(S(=O)(=O)N2CCOCC2)ccc1NC[C@H]1CCCO1)[C@H]1CC=CCC1. The summed E-state index contributed by atoms with van der Waals surface area (Å²) in [7, 11) is -3.65. The van der Waals surface area contributed by atoms with Crippen molar-refractivity contribution < 1.29 is 22.7 Å². The summed E-state index contributed by atoms with van der Waals surface area (Å²) in [6, 6.07) is 4.90. The van der Waals surface area contributed by atoms with Gasteiger partial charge >= 0.3 is 0 Å². The summed E-state index contributed by atoms with van der Waals surface area (Å²) >= 11 is 0. The van der Waals surface area contributed by atoms with Crippen molar-refractivity contribution in [2.75, 3.05) is 50.1 Å². The van der Waals surface area contributed by atoms with Crippen molar-refractivity contribution in [3.8, 4) is 0 Å². The molecule has 2 saturated heterocycles. The van der Waals surface area contributed by atoms with Gasteiger partial charge in [0.05, 0.1) is 35.6 Å². The molecule has 3 aliphatic rings. The lowest BCUT2D eigenvalue weighted by molar-refractivity contribution is -0.120. The molecule has 0 bridgehead atoms. The quantitative estimate of drug-likeness (QED) is 0.621. The minimum Gasteiger partial charge on any atom is -0.381 e. The molecule has 1 aromatic carbocycles. The topological polar surface area (TPSA) is 97.0 Å². The molecule has 2 fully saturated rings. The van der Waals surface area contributed by atoms with Crippen LogP contribution in [0.15, 0.2) is 35.2 Å². The number of hydrogen-bond donors (Lipinski definition) is 2. The van der Waals surface area contributed by atoms with Gasteiger partial charge in [-0.1, -0.05) is 12.2 Å². The third-order valence-corrected chi connectivity index (χ3v) is 7.94. The van der Waals surface area contributed by atoms with Crippen LogP contribution < -0.4 is 10.6 Å². The number of benzene rings is 1. The van der Waals surface area contributed by atoms with Gasteiger partial charge in [-0.05, 0) is 50.3 Å². The number of sulfonamides is 1. The van der Waals surface area contributed by atoms with Crippen molar-refractivity contribution in [3.05, 3.63) is 30.4 Å². The molecule has 0 unspecified atom stereocenters. The fourth-order valence-corrected chi connectivity index (χ4v) is 5.61. The summed E-state index contributed by atoms with van der Waals surface area (Å²) in [5.41, 5.74) is 1.20. The van der Waals surface area contributed by atoms with Gasteiger partial charge in [-0.2, -0.15) is 4.31 Å². The number of ether oxygens (including phenoxy) is 2. The molecular weight excluding hydrogens is 418 g/mol. The van der Waals surface area contributed by atoms with Gasteiger partial charge in [-0.15, -0.1) is 0 Å². The van der Waals surface area contributed by atoms with E-state index in [1.54, 1.807) is 18.2 Å². The van der Waals surface area contributed by atoms with E-state index in [9.17, 15) is 13.2 Å². The number of rotatable bonds is 7. The van der Waals surface area contributed by atoms with Crippen molar-refractivity contribution in [2.24, 2.45) is 5.92 Å². The fraction of sp³-hybridized carbons (Fsp3) is 0.591. The number of morpholine rings is 1. The molecule has 2 N–H and O–H groups in total. The van der Waals surface area contributed by atoms with Crippen LogP contribution in [0.3, 0.4) is 0 Å². The Bertz CT molecular complexity index is 906. The third kappa shape index (κ3) is 5.46. The Hall–Kier alpha value is -1.94. The number of amides is 1. The highest BCUT2D eigenvalue weighted by Gasteiger charge is 2.28. The molecular formula is C22H31N3O5S. The van der Waals surface area contributed by atoms with Crippen LogP contribution in [0.5, 0.6) is 0 Å². The Kier molecular flexibility index (Phi) is 7.27. The van der Waals surface area contributed by atoms with Crippen LogP contribution in [0.4, 0.5) is 11.4 Å². The second-order valence-corrected chi connectivity index (χ2v) is 10.1. The van der Waals surface area contributed by atoms with E-state index in [0.717, 1.165) is 32.3 Å². The number of nitrogens with one attached hydrogen (secondary N) is 2. The number of nitrogens with zero attached hydrogens (tertiary/aromatic N) is 1. The summed E-state index contributed by atoms with van der Waals surface area (Å²) in [6.07, 6.45) is 8.67. The Balaban J connectivity index is 1.56. The summed E-state index contributed by atoms with van der Waals surface area (Å²) in [6.45, 7) is 2.82. The molecule has 2 atom stereocenters. The average molecular weight is 450 g/mol. The normalized spacial score (nSPS) is 24.8. The highest BCUT2D eigenvalue weighted by atomic mass is 32.2. The second kappa shape index (κ2) is 10.1. The Morgan fingerprint density at radius 3 is 2.65 bits per heavy atom. The van der Waals surface area contributed by atoms with Gasteiger partial charge in [-0.3, -0.25) is 4.79 Å². The number of hydrogen-bond acceptors (Lipinski definition) is 6. The third-order valence-electron chi connectivity index (χ3n) is 6.04. The molecule has 0 radical (unpaired) electrons. The van der Waals surface area contributed by atoms with Gasteiger partial charge in [0.2, 0.25) is 15.9 Å². The fourth-order valence-electron chi connectivity index (χ4n) is 4.17. The number of carbonyl (C=O) groups excluding carboxylic acids is 1. The number of anilines is 2. The molecule has 2 aliphatic heterocycles. The van der Waals surface area contributed by atoms with E-state index < -0.39 is 10.0 Å². The lowest BCUT2D eigenvalue weighted by Crippen LogP contribution is -2.40. The van der Waals surface area contributed by atoms with Crippen molar-refractivity contribution in [2.45, 2.75) is 43.1 Å². The average Bonchev–Trinajstić information content (AvgIpc) is 3.33. The van der Waals surface area contributed by atoms with Crippen LogP contribution in [0.25, 0.3) is 0 Å². The van der Waals surface area contributed by atoms with Gasteiger partial charge < -0.3 is 20.1 Å². The molecule has 1 amide bonds. The highest BCUT2D eigenvalue weighted by Crippen LogP contribution is 2.30. The molecule has 31 heavy (non-hydrogen) atoms. The monoisotopic (exact) mass is 449 g/mol. The van der Waals surface area contributed by atoms with E-state index in [1.807, 2.05) is 6.08 Å². The summed E-state index contributed by atoms with van der Waals surface area (Å²) in [5.74, 6) is -0.180. The predicted octanol–water partition coefficient (Wildman–Crippen LogP) is 2.59. The standard InChI is InChI=1S/C22H31N3O5S/c26-22(17-5-2-1-3-6-17)24-21-15-19(31(27,28)25-10-13-29-14-11-25)8-9-20(21)23-16-18-7-4-12-30-18/h1-2,8-9,15,17-18,23H,3-7,10-14,16H2,(H,24,26)/t17-,18+/m0/s1. The van der Waals surface area contributed by atoms with Crippen LogP contribution >= 0.6 is 0 Å². The van der Waals surface area contributed by atoms with E-state index in [-0.39, 0.29) is 22.8 Å². The van der Waals surface area contributed by atoms with Gasteiger partial charge in [0, 0.05) is 32.2 Å². The molecule has 4 rings (SSSR count). The summed E-state index contributed by atoms with van der Waals surface area (Å²) in [5, 5.41) is 6.33. The lowest BCUT2D eigenvalue weighted by atomic mass is 9.93. The number of carbonyl (C=O) groups is 1. The maximum absolute atomic E-state index is 13.1. The second-order valence-electron chi connectivity index (χ2n) is 8.21. The first-order valence-corrected chi connectivity index (χ1v) is 12.5. The van der Waals surface area contributed by atoms with Gasteiger partial charge in [0.1, 0.15) is 0 Å². The van der Waals surface area contributed by atoms with E-state index in [0.29, 0.717) is 50.6 Å². The van der Waals surface area contributed by atoms with Crippen LogP contribution in [-0.4, -0.2) is 64.2 Å². The van der Waals surface area contributed by atoms with Gasteiger partial charge in [-0.25, -0.2) is 8.42 Å². The minimum absolute atomic E-state index is 0.0783. The Morgan fingerprint density at radius 1 is 1.10 bits per heavy atom. The van der Waals surface area contributed by atoms with Crippen LogP contribution in [0.1, 0.15) is 32.1 Å². The highest BCUT2D eigenvalue weighted by molar-refractivity contribution is 7.89. The van der Waals surface area contributed by atoms with Crippen LogP contribution in [-0.2, 0) is 24.3 Å². The summed E-state index contributed by atoms with van der Waals surface area (Å²) < 4.78 is 38.6. The first-order chi connectivity index (χ1) is 15.0. The molecule has 1 aromatic rings. The number of allylic oxidation sites excluding steroid dienone is 2.